The third-order valence-corrected chi connectivity index (χ3v) is 4.50. The second kappa shape index (κ2) is 8.54. The summed E-state index contributed by atoms with van der Waals surface area (Å²) in [7, 11) is 0. The van der Waals surface area contributed by atoms with E-state index in [9.17, 15) is 9.59 Å². The molecular weight excluding hydrogens is 334 g/mol. The Hall–Kier alpha value is -2.06. The number of rotatable bonds is 7. The van der Waals surface area contributed by atoms with E-state index in [-0.39, 0.29) is 24.1 Å². The number of esters is 1. The van der Waals surface area contributed by atoms with Gasteiger partial charge in [-0.25, -0.2) is 4.98 Å². The Labute approximate surface area is 142 Å². The van der Waals surface area contributed by atoms with E-state index >= 15 is 0 Å². The summed E-state index contributed by atoms with van der Waals surface area (Å²) in [6.07, 6.45) is 0.112. The van der Waals surface area contributed by atoms with Crippen molar-refractivity contribution in [1.29, 1.82) is 0 Å². The van der Waals surface area contributed by atoms with Crippen molar-refractivity contribution in [2.24, 2.45) is 0 Å². The van der Waals surface area contributed by atoms with Crippen LogP contribution >= 0.6 is 23.1 Å². The van der Waals surface area contributed by atoms with Gasteiger partial charge >= 0.3 is 5.97 Å². The molecule has 1 heterocycles. The molecule has 0 saturated heterocycles. The monoisotopic (exact) mass is 351 g/mol. The first-order valence-corrected chi connectivity index (χ1v) is 8.81. The van der Waals surface area contributed by atoms with Gasteiger partial charge in [0.1, 0.15) is 0 Å². The number of carbonyl (C=O) groups is 2. The molecular formula is C15H17N3O3S2. The SMILES string of the molecule is CCOC(=O)Cc1csc(NC(=O)CSc2ccc(N)cc2)n1. The Balaban J connectivity index is 1.80. The molecule has 8 heteroatoms. The predicted molar refractivity (Wildman–Crippen MR) is 92.7 cm³/mol. The van der Waals surface area contributed by atoms with Crippen molar-refractivity contribution < 1.29 is 14.3 Å². The van der Waals surface area contributed by atoms with Crippen LogP contribution in [0.2, 0.25) is 0 Å². The van der Waals surface area contributed by atoms with Gasteiger partial charge in [0, 0.05) is 16.0 Å². The van der Waals surface area contributed by atoms with Gasteiger partial charge in [-0.1, -0.05) is 0 Å². The van der Waals surface area contributed by atoms with Gasteiger partial charge in [0.05, 0.1) is 24.5 Å². The van der Waals surface area contributed by atoms with Crippen molar-refractivity contribution in [2.75, 3.05) is 23.4 Å². The average molecular weight is 351 g/mol. The fourth-order valence-electron chi connectivity index (χ4n) is 1.67. The number of benzene rings is 1. The molecule has 0 spiro atoms. The van der Waals surface area contributed by atoms with E-state index in [0.29, 0.717) is 23.1 Å². The number of thioether (sulfide) groups is 1. The van der Waals surface area contributed by atoms with Crippen molar-refractivity contribution in [3.05, 3.63) is 35.3 Å². The number of hydrogen-bond acceptors (Lipinski definition) is 7. The maximum Gasteiger partial charge on any atom is 0.311 e. The first-order chi connectivity index (χ1) is 11.1. The van der Waals surface area contributed by atoms with Crippen molar-refractivity contribution in [2.45, 2.75) is 18.2 Å². The summed E-state index contributed by atoms with van der Waals surface area (Å²) >= 11 is 2.70. The number of carbonyl (C=O) groups excluding carboxylic acids is 2. The van der Waals surface area contributed by atoms with Crippen LogP contribution in [-0.4, -0.2) is 29.2 Å². The number of anilines is 2. The van der Waals surface area contributed by atoms with Gasteiger partial charge in [-0.3, -0.25) is 9.59 Å². The van der Waals surface area contributed by atoms with E-state index in [1.807, 2.05) is 12.1 Å². The van der Waals surface area contributed by atoms with Crippen LogP contribution in [0.1, 0.15) is 12.6 Å². The summed E-state index contributed by atoms with van der Waals surface area (Å²) in [6, 6.07) is 7.33. The van der Waals surface area contributed by atoms with Crippen LogP contribution in [0, 0.1) is 0 Å². The second-order valence-corrected chi connectivity index (χ2v) is 6.44. The molecule has 0 atom stereocenters. The second-order valence-electron chi connectivity index (χ2n) is 4.53. The van der Waals surface area contributed by atoms with E-state index in [0.717, 1.165) is 4.90 Å². The molecule has 0 fully saturated rings. The van der Waals surface area contributed by atoms with Crippen molar-refractivity contribution in [3.8, 4) is 0 Å². The van der Waals surface area contributed by atoms with Crippen LogP contribution < -0.4 is 11.1 Å². The van der Waals surface area contributed by atoms with E-state index in [4.69, 9.17) is 10.5 Å². The number of nitrogens with one attached hydrogen (secondary N) is 1. The number of nitrogens with two attached hydrogens (primary N) is 1. The highest BCUT2D eigenvalue weighted by molar-refractivity contribution is 8.00. The lowest BCUT2D eigenvalue weighted by molar-refractivity contribution is -0.142. The zero-order chi connectivity index (χ0) is 16.7. The minimum absolute atomic E-state index is 0.112. The third-order valence-electron chi connectivity index (χ3n) is 2.68. The number of hydrogen-bond donors (Lipinski definition) is 2. The lowest BCUT2D eigenvalue weighted by atomic mass is 10.3. The van der Waals surface area contributed by atoms with Crippen LogP contribution in [0.4, 0.5) is 10.8 Å². The summed E-state index contributed by atoms with van der Waals surface area (Å²) in [5, 5.41) is 4.93. The molecule has 3 N–H and O–H groups in total. The number of amides is 1. The van der Waals surface area contributed by atoms with E-state index in [1.54, 1.807) is 24.4 Å². The van der Waals surface area contributed by atoms with Gasteiger partial charge in [-0.05, 0) is 31.2 Å². The molecule has 23 heavy (non-hydrogen) atoms. The van der Waals surface area contributed by atoms with Crippen LogP contribution in [0.3, 0.4) is 0 Å². The summed E-state index contributed by atoms with van der Waals surface area (Å²) < 4.78 is 4.86. The molecule has 0 aliphatic heterocycles. The highest BCUT2D eigenvalue weighted by Crippen LogP contribution is 2.20. The minimum atomic E-state index is -0.324. The quantitative estimate of drug-likeness (QED) is 0.452. The minimum Gasteiger partial charge on any atom is -0.466 e. The zero-order valence-electron chi connectivity index (χ0n) is 12.6. The molecule has 2 rings (SSSR count). The Kier molecular flexibility index (Phi) is 6.42. The fourth-order valence-corrected chi connectivity index (χ4v) is 3.10. The molecule has 0 saturated carbocycles. The predicted octanol–water partition coefficient (Wildman–Crippen LogP) is 2.56. The fraction of sp³-hybridized carbons (Fsp3) is 0.267. The van der Waals surface area contributed by atoms with Crippen molar-refractivity contribution in [3.63, 3.8) is 0 Å². The summed E-state index contributed by atoms with van der Waals surface area (Å²) in [5.74, 6) is -0.199. The van der Waals surface area contributed by atoms with E-state index < -0.39 is 0 Å². The number of aromatic nitrogens is 1. The molecule has 1 aromatic carbocycles. The Bertz CT molecular complexity index is 671. The lowest BCUT2D eigenvalue weighted by Crippen LogP contribution is -2.14. The molecule has 0 bridgehead atoms. The number of thiazole rings is 1. The van der Waals surface area contributed by atoms with E-state index in [2.05, 4.69) is 10.3 Å². The van der Waals surface area contributed by atoms with Gasteiger partial charge < -0.3 is 15.8 Å². The first kappa shape index (κ1) is 17.3. The molecule has 6 nitrogen and oxygen atoms in total. The zero-order valence-corrected chi connectivity index (χ0v) is 14.2. The largest absolute Gasteiger partial charge is 0.466 e. The third kappa shape index (κ3) is 5.91. The Morgan fingerprint density at radius 1 is 1.35 bits per heavy atom. The maximum absolute atomic E-state index is 11.9. The Morgan fingerprint density at radius 3 is 2.78 bits per heavy atom. The molecule has 1 aromatic heterocycles. The molecule has 0 radical (unpaired) electrons. The summed E-state index contributed by atoms with van der Waals surface area (Å²) in [5.41, 5.74) is 6.90. The number of ether oxygens (including phenoxy) is 1. The molecule has 0 aliphatic carbocycles. The summed E-state index contributed by atoms with van der Waals surface area (Å²) in [6.45, 7) is 2.10. The molecule has 2 aromatic rings. The van der Waals surface area contributed by atoms with Crippen LogP contribution in [0.15, 0.2) is 34.5 Å². The van der Waals surface area contributed by atoms with Gasteiger partial charge in [-0.2, -0.15) is 0 Å². The lowest BCUT2D eigenvalue weighted by Gasteiger charge is -2.02. The number of nitrogens with zero attached hydrogens (tertiary/aromatic N) is 1. The highest BCUT2D eigenvalue weighted by Gasteiger charge is 2.10. The van der Waals surface area contributed by atoms with Gasteiger partial charge in [0.15, 0.2) is 5.13 Å². The van der Waals surface area contributed by atoms with Crippen LogP contribution in [0.25, 0.3) is 0 Å². The standard InChI is InChI=1S/C15H17N3O3S2/c1-2-21-14(20)7-11-8-23-15(17-11)18-13(19)9-22-12-5-3-10(16)4-6-12/h3-6,8H,2,7,9,16H2,1H3,(H,17,18,19). The summed E-state index contributed by atoms with van der Waals surface area (Å²) in [4.78, 5) is 28.4. The van der Waals surface area contributed by atoms with Crippen molar-refractivity contribution >= 4 is 45.8 Å². The molecule has 0 unspecified atom stereocenters. The molecule has 0 aliphatic rings. The Morgan fingerprint density at radius 2 is 2.09 bits per heavy atom. The van der Waals surface area contributed by atoms with Gasteiger partial charge in [-0.15, -0.1) is 23.1 Å². The van der Waals surface area contributed by atoms with E-state index in [1.165, 1.54) is 23.1 Å². The van der Waals surface area contributed by atoms with Crippen LogP contribution in [0.5, 0.6) is 0 Å². The van der Waals surface area contributed by atoms with Crippen LogP contribution in [-0.2, 0) is 20.7 Å². The van der Waals surface area contributed by atoms with Gasteiger partial charge in [0.25, 0.3) is 0 Å². The maximum atomic E-state index is 11.9. The normalized spacial score (nSPS) is 10.3. The van der Waals surface area contributed by atoms with Crippen molar-refractivity contribution in [1.82, 2.24) is 4.98 Å². The van der Waals surface area contributed by atoms with Gasteiger partial charge in [0.2, 0.25) is 5.91 Å². The average Bonchev–Trinajstić information content (AvgIpc) is 2.94. The number of nitrogen functional groups attached to an aromatic ring is 1. The topological polar surface area (TPSA) is 94.3 Å². The smallest absolute Gasteiger partial charge is 0.311 e. The highest BCUT2D eigenvalue weighted by atomic mass is 32.2. The molecule has 122 valence electrons. The molecule has 1 amide bonds. The first-order valence-electron chi connectivity index (χ1n) is 6.95.